The molecule has 116 valence electrons. The monoisotopic (exact) mass is 317 g/mol. The zero-order valence-electron chi connectivity index (χ0n) is 12.8. The van der Waals surface area contributed by atoms with Crippen LogP contribution in [0.4, 0.5) is 0 Å². The van der Waals surface area contributed by atoms with Gasteiger partial charge in [-0.1, -0.05) is 24.3 Å². The highest BCUT2D eigenvalue weighted by molar-refractivity contribution is 7.90. The van der Waals surface area contributed by atoms with E-state index in [9.17, 15) is 8.42 Å². The van der Waals surface area contributed by atoms with Crippen LogP contribution in [0.3, 0.4) is 0 Å². The Bertz CT molecular complexity index is 803. The van der Waals surface area contributed by atoms with E-state index in [2.05, 4.69) is 33.9 Å². The maximum absolute atomic E-state index is 11.6. The molecule has 2 aromatic rings. The fraction of sp³-hybridized carbons (Fsp3) is 0.375. The van der Waals surface area contributed by atoms with Gasteiger partial charge in [0.05, 0.1) is 5.69 Å². The first kappa shape index (κ1) is 15.1. The van der Waals surface area contributed by atoms with Gasteiger partial charge in [-0.25, -0.2) is 18.4 Å². The molecule has 5 nitrogen and oxygen atoms in total. The molecule has 22 heavy (non-hydrogen) atoms. The first-order chi connectivity index (χ1) is 10.4. The highest BCUT2D eigenvalue weighted by Crippen LogP contribution is 2.20. The SMILES string of the molecule is Cc1ccccc1CN1CCc2cnc(S(C)(=O)=O)nc2C1. The lowest BCUT2D eigenvalue weighted by atomic mass is 10.0. The molecule has 0 unspecified atom stereocenters. The third-order valence-electron chi connectivity index (χ3n) is 3.99. The topological polar surface area (TPSA) is 63.2 Å². The summed E-state index contributed by atoms with van der Waals surface area (Å²) in [6.07, 6.45) is 3.65. The van der Waals surface area contributed by atoms with Gasteiger partial charge in [0.25, 0.3) is 0 Å². The number of aryl methyl sites for hydroxylation is 1. The molecule has 0 saturated carbocycles. The van der Waals surface area contributed by atoms with Crippen LogP contribution in [0.5, 0.6) is 0 Å². The van der Waals surface area contributed by atoms with Crippen LogP contribution in [0.15, 0.2) is 35.6 Å². The molecule has 0 N–H and O–H groups in total. The van der Waals surface area contributed by atoms with E-state index in [-0.39, 0.29) is 5.16 Å². The maximum atomic E-state index is 11.6. The second-order valence-electron chi connectivity index (χ2n) is 5.78. The van der Waals surface area contributed by atoms with Crippen molar-refractivity contribution in [3.63, 3.8) is 0 Å². The summed E-state index contributed by atoms with van der Waals surface area (Å²) in [4.78, 5) is 10.5. The van der Waals surface area contributed by atoms with Gasteiger partial charge in [0.1, 0.15) is 0 Å². The van der Waals surface area contributed by atoms with Crippen LogP contribution in [0.1, 0.15) is 22.4 Å². The van der Waals surface area contributed by atoms with Crippen molar-refractivity contribution in [2.45, 2.75) is 31.6 Å². The summed E-state index contributed by atoms with van der Waals surface area (Å²) >= 11 is 0. The Balaban J connectivity index is 1.82. The minimum Gasteiger partial charge on any atom is -0.293 e. The lowest BCUT2D eigenvalue weighted by Gasteiger charge is -2.28. The second kappa shape index (κ2) is 5.78. The summed E-state index contributed by atoms with van der Waals surface area (Å²) in [6.45, 7) is 4.55. The third-order valence-corrected chi connectivity index (χ3v) is 4.85. The minimum absolute atomic E-state index is 0.0796. The molecule has 0 saturated heterocycles. The van der Waals surface area contributed by atoms with Gasteiger partial charge in [0.2, 0.25) is 15.0 Å². The van der Waals surface area contributed by atoms with Crippen LogP contribution in [0.2, 0.25) is 0 Å². The molecule has 1 aromatic carbocycles. The Hall–Kier alpha value is -1.79. The summed E-state index contributed by atoms with van der Waals surface area (Å²) < 4.78 is 23.2. The Morgan fingerprint density at radius 3 is 2.77 bits per heavy atom. The number of hydrogen-bond acceptors (Lipinski definition) is 5. The molecule has 2 heterocycles. The molecule has 0 radical (unpaired) electrons. The standard InChI is InChI=1S/C16H19N3O2S/c1-12-5-3-4-6-14(12)10-19-8-7-13-9-17-16(22(2,20)21)18-15(13)11-19/h3-6,9H,7-8,10-11H2,1-2H3. The van der Waals surface area contributed by atoms with Crippen LogP contribution in [-0.4, -0.2) is 36.1 Å². The quantitative estimate of drug-likeness (QED) is 0.807. The number of hydrogen-bond donors (Lipinski definition) is 0. The predicted molar refractivity (Wildman–Crippen MR) is 84.1 cm³/mol. The summed E-state index contributed by atoms with van der Waals surface area (Å²) in [5.74, 6) is 0. The van der Waals surface area contributed by atoms with Crippen LogP contribution in [0, 0.1) is 6.92 Å². The van der Waals surface area contributed by atoms with Gasteiger partial charge in [-0.2, -0.15) is 0 Å². The van der Waals surface area contributed by atoms with Crippen LogP contribution in [-0.2, 0) is 29.3 Å². The normalized spacial score (nSPS) is 15.5. The van der Waals surface area contributed by atoms with E-state index in [1.807, 2.05) is 12.1 Å². The molecule has 1 aliphatic heterocycles. The van der Waals surface area contributed by atoms with Crippen molar-refractivity contribution < 1.29 is 8.42 Å². The minimum atomic E-state index is -3.36. The first-order valence-electron chi connectivity index (χ1n) is 7.25. The molecule has 0 spiro atoms. The average Bonchev–Trinajstić information content (AvgIpc) is 2.48. The number of aromatic nitrogens is 2. The van der Waals surface area contributed by atoms with Crippen molar-refractivity contribution in [1.29, 1.82) is 0 Å². The summed E-state index contributed by atoms with van der Waals surface area (Å²) in [6, 6.07) is 8.32. The van der Waals surface area contributed by atoms with E-state index in [4.69, 9.17) is 0 Å². The van der Waals surface area contributed by atoms with Gasteiger partial charge in [-0.3, -0.25) is 4.90 Å². The molecular formula is C16H19N3O2S. The lowest BCUT2D eigenvalue weighted by molar-refractivity contribution is 0.239. The van der Waals surface area contributed by atoms with Crippen LogP contribution in [0.25, 0.3) is 0 Å². The predicted octanol–water partition coefficient (Wildman–Crippen LogP) is 1.75. The fourth-order valence-electron chi connectivity index (χ4n) is 2.68. The van der Waals surface area contributed by atoms with E-state index in [1.165, 1.54) is 11.1 Å². The smallest absolute Gasteiger partial charge is 0.247 e. The third kappa shape index (κ3) is 3.18. The summed E-state index contributed by atoms with van der Waals surface area (Å²) in [5.41, 5.74) is 4.44. The molecule has 0 amide bonds. The van der Waals surface area contributed by atoms with Gasteiger partial charge >= 0.3 is 0 Å². The van der Waals surface area contributed by atoms with E-state index in [0.29, 0.717) is 6.54 Å². The van der Waals surface area contributed by atoms with Crippen molar-refractivity contribution >= 4 is 9.84 Å². The molecule has 0 bridgehead atoms. The molecule has 0 atom stereocenters. The van der Waals surface area contributed by atoms with E-state index in [1.54, 1.807) is 6.20 Å². The van der Waals surface area contributed by atoms with Gasteiger partial charge in [0.15, 0.2) is 0 Å². The molecule has 3 rings (SSSR count). The zero-order chi connectivity index (χ0) is 15.7. The van der Waals surface area contributed by atoms with Crippen molar-refractivity contribution in [3.05, 3.63) is 52.8 Å². The van der Waals surface area contributed by atoms with Crippen LogP contribution >= 0.6 is 0 Å². The Labute approximate surface area is 130 Å². The summed E-state index contributed by atoms with van der Waals surface area (Å²) in [5, 5.41) is -0.0796. The van der Waals surface area contributed by atoms with Gasteiger partial charge in [0, 0.05) is 32.1 Å². The maximum Gasteiger partial charge on any atom is 0.247 e. The lowest BCUT2D eigenvalue weighted by Crippen LogP contribution is -2.31. The number of benzene rings is 1. The molecule has 0 aliphatic carbocycles. The first-order valence-corrected chi connectivity index (χ1v) is 9.14. The molecule has 1 aromatic heterocycles. The van der Waals surface area contributed by atoms with Gasteiger partial charge in [-0.05, 0) is 30.0 Å². The Morgan fingerprint density at radius 2 is 2.05 bits per heavy atom. The second-order valence-corrected chi connectivity index (χ2v) is 7.69. The van der Waals surface area contributed by atoms with Crippen molar-refractivity contribution in [3.8, 4) is 0 Å². The Kier molecular flexibility index (Phi) is 3.97. The number of nitrogens with zero attached hydrogens (tertiary/aromatic N) is 3. The average molecular weight is 317 g/mol. The highest BCUT2D eigenvalue weighted by Gasteiger charge is 2.21. The van der Waals surface area contributed by atoms with E-state index < -0.39 is 9.84 Å². The molecule has 6 heteroatoms. The van der Waals surface area contributed by atoms with E-state index in [0.717, 1.165) is 37.0 Å². The van der Waals surface area contributed by atoms with E-state index >= 15 is 0 Å². The van der Waals surface area contributed by atoms with Crippen molar-refractivity contribution in [1.82, 2.24) is 14.9 Å². The number of rotatable bonds is 3. The fourth-order valence-corrected chi connectivity index (χ4v) is 3.20. The zero-order valence-corrected chi connectivity index (χ0v) is 13.6. The molecule has 1 aliphatic rings. The van der Waals surface area contributed by atoms with Gasteiger partial charge in [-0.15, -0.1) is 0 Å². The molecular weight excluding hydrogens is 298 g/mol. The Morgan fingerprint density at radius 1 is 1.27 bits per heavy atom. The van der Waals surface area contributed by atoms with Crippen molar-refractivity contribution in [2.24, 2.45) is 0 Å². The number of fused-ring (bicyclic) bond motifs is 1. The number of sulfone groups is 1. The molecule has 0 fully saturated rings. The summed E-state index contributed by atoms with van der Waals surface area (Å²) in [7, 11) is -3.36. The van der Waals surface area contributed by atoms with Crippen molar-refractivity contribution in [2.75, 3.05) is 12.8 Å². The largest absolute Gasteiger partial charge is 0.293 e. The van der Waals surface area contributed by atoms with Crippen LogP contribution < -0.4 is 0 Å². The highest BCUT2D eigenvalue weighted by atomic mass is 32.2. The van der Waals surface area contributed by atoms with Gasteiger partial charge < -0.3 is 0 Å².